The number of thiophene rings is 1. The summed E-state index contributed by atoms with van der Waals surface area (Å²) in [7, 11) is 1.33. The molecule has 0 saturated carbocycles. The Morgan fingerprint density at radius 2 is 1.83 bits per heavy atom. The minimum absolute atomic E-state index is 0.165. The molecule has 0 fully saturated rings. The van der Waals surface area contributed by atoms with Crippen LogP contribution < -0.4 is 5.32 Å². The smallest absolute Gasteiger partial charge is 0.337 e. The molecule has 0 aliphatic heterocycles. The van der Waals surface area contributed by atoms with Crippen molar-refractivity contribution in [2.24, 2.45) is 0 Å². The number of hydrogen-bond acceptors (Lipinski definition) is 4. The van der Waals surface area contributed by atoms with Crippen molar-refractivity contribution in [3.05, 3.63) is 52.2 Å². The minimum Gasteiger partial charge on any atom is -0.465 e. The molecule has 1 heterocycles. The zero-order chi connectivity index (χ0) is 13.0. The van der Waals surface area contributed by atoms with Gasteiger partial charge in [-0.1, -0.05) is 0 Å². The monoisotopic (exact) mass is 261 g/mol. The van der Waals surface area contributed by atoms with Crippen LogP contribution in [0.3, 0.4) is 0 Å². The Kier molecular flexibility index (Phi) is 3.74. The molecule has 0 atom stereocenters. The van der Waals surface area contributed by atoms with Crippen molar-refractivity contribution < 1.29 is 14.3 Å². The summed E-state index contributed by atoms with van der Waals surface area (Å²) < 4.78 is 4.59. The van der Waals surface area contributed by atoms with Gasteiger partial charge in [0, 0.05) is 11.1 Å². The summed E-state index contributed by atoms with van der Waals surface area (Å²) in [5.74, 6) is -0.562. The predicted molar refractivity (Wildman–Crippen MR) is 70.1 cm³/mol. The highest BCUT2D eigenvalue weighted by Gasteiger charge is 2.08. The Hall–Kier alpha value is -2.14. The SMILES string of the molecule is COC(=O)c1ccc(NC(=O)c2ccsc2)cc1. The maximum atomic E-state index is 11.8. The Morgan fingerprint density at radius 3 is 2.39 bits per heavy atom. The van der Waals surface area contributed by atoms with Gasteiger partial charge in [-0.3, -0.25) is 4.79 Å². The van der Waals surface area contributed by atoms with Gasteiger partial charge in [-0.15, -0.1) is 0 Å². The van der Waals surface area contributed by atoms with E-state index in [2.05, 4.69) is 10.1 Å². The van der Waals surface area contributed by atoms with Gasteiger partial charge < -0.3 is 10.1 Å². The van der Waals surface area contributed by atoms with Gasteiger partial charge in [0.15, 0.2) is 0 Å². The van der Waals surface area contributed by atoms with Gasteiger partial charge in [0.05, 0.1) is 18.2 Å². The molecule has 18 heavy (non-hydrogen) atoms. The number of carbonyl (C=O) groups is 2. The first-order valence-electron chi connectivity index (χ1n) is 5.22. The first-order valence-corrected chi connectivity index (χ1v) is 6.17. The van der Waals surface area contributed by atoms with Crippen LogP contribution in [0.2, 0.25) is 0 Å². The zero-order valence-electron chi connectivity index (χ0n) is 9.67. The third-order valence-corrected chi connectivity index (χ3v) is 3.03. The molecule has 0 bridgehead atoms. The number of carbonyl (C=O) groups excluding carboxylic acids is 2. The van der Waals surface area contributed by atoms with E-state index in [0.29, 0.717) is 16.8 Å². The number of hydrogen-bond donors (Lipinski definition) is 1. The number of rotatable bonds is 3. The van der Waals surface area contributed by atoms with E-state index in [1.807, 2.05) is 5.38 Å². The van der Waals surface area contributed by atoms with Gasteiger partial charge in [0.1, 0.15) is 0 Å². The summed E-state index contributed by atoms with van der Waals surface area (Å²) in [6.07, 6.45) is 0. The maximum absolute atomic E-state index is 11.8. The molecule has 2 rings (SSSR count). The molecule has 1 aromatic heterocycles. The van der Waals surface area contributed by atoms with Crippen LogP contribution >= 0.6 is 11.3 Å². The van der Waals surface area contributed by atoms with E-state index in [9.17, 15) is 9.59 Å². The molecule has 0 aliphatic rings. The van der Waals surface area contributed by atoms with Gasteiger partial charge >= 0.3 is 5.97 Å². The Balaban J connectivity index is 2.07. The lowest BCUT2D eigenvalue weighted by molar-refractivity contribution is 0.0600. The lowest BCUT2D eigenvalue weighted by Gasteiger charge is -2.04. The molecular weight excluding hydrogens is 250 g/mol. The Morgan fingerprint density at radius 1 is 1.11 bits per heavy atom. The summed E-state index contributed by atoms with van der Waals surface area (Å²) in [4.78, 5) is 23.0. The average molecular weight is 261 g/mol. The number of anilines is 1. The molecule has 4 nitrogen and oxygen atoms in total. The van der Waals surface area contributed by atoms with E-state index in [-0.39, 0.29) is 5.91 Å². The van der Waals surface area contributed by atoms with E-state index in [1.54, 1.807) is 35.7 Å². The van der Waals surface area contributed by atoms with Crippen LogP contribution in [0.15, 0.2) is 41.1 Å². The number of esters is 1. The summed E-state index contributed by atoms with van der Waals surface area (Å²) in [6, 6.07) is 8.29. The predicted octanol–water partition coefficient (Wildman–Crippen LogP) is 2.79. The maximum Gasteiger partial charge on any atom is 0.337 e. The normalized spacial score (nSPS) is 9.83. The van der Waals surface area contributed by atoms with Crippen LogP contribution in [0, 0.1) is 0 Å². The van der Waals surface area contributed by atoms with E-state index >= 15 is 0 Å². The number of amides is 1. The highest BCUT2D eigenvalue weighted by molar-refractivity contribution is 7.08. The van der Waals surface area contributed by atoms with Crippen molar-refractivity contribution in [1.82, 2.24) is 0 Å². The second kappa shape index (κ2) is 5.46. The van der Waals surface area contributed by atoms with E-state index in [4.69, 9.17) is 0 Å². The molecule has 1 amide bonds. The molecule has 1 N–H and O–H groups in total. The molecule has 0 radical (unpaired) electrons. The third kappa shape index (κ3) is 2.75. The number of nitrogens with one attached hydrogen (secondary N) is 1. The van der Waals surface area contributed by atoms with Crippen LogP contribution in [-0.4, -0.2) is 19.0 Å². The second-order valence-corrected chi connectivity index (χ2v) is 4.32. The quantitative estimate of drug-likeness (QED) is 0.864. The Labute approximate surface area is 108 Å². The van der Waals surface area contributed by atoms with Gasteiger partial charge in [0.25, 0.3) is 5.91 Å². The Bertz CT molecular complexity index is 546. The summed E-state index contributed by atoms with van der Waals surface area (Å²) in [6.45, 7) is 0. The molecule has 5 heteroatoms. The van der Waals surface area contributed by atoms with Crippen LogP contribution in [0.4, 0.5) is 5.69 Å². The fourth-order valence-electron chi connectivity index (χ4n) is 1.40. The zero-order valence-corrected chi connectivity index (χ0v) is 10.5. The topological polar surface area (TPSA) is 55.4 Å². The van der Waals surface area contributed by atoms with Gasteiger partial charge in [0.2, 0.25) is 0 Å². The number of ether oxygens (including phenoxy) is 1. The second-order valence-electron chi connectivity index (χ2n) is 3.54. The van der Waals surface area contributed by atoms with Crippen molar-refractivity contribution in [1.29, 1.82) is 0 Å². The number of benzene rings is 1. The van der Waals surface area contributed by atoms with Gasteiger partial charge in [-0.25, -0.2) is 4.79 Å². The molecule has 1 aromatic carbocycles. The summed E-state index contributed by atoms with van der Waals surface area (Å²) >= 11 is 1.47. The lowest BCUT2D eigenvalue weighted by Crippen LogP contribution is -2.11. The first kappa shape index (κ1) is 12.3. The van der Waals surface area contributed by atoms with Crippen molar-refractivity contribution in [3.63, 3.8) is 0 Å². The largest absolute Gasteiger partial charge is 0.465 e. The van der Waals surface area contributed by atoms with E-state index < -0.39 is 5.97 Å². The standard InChI is InChI=1S/C13H11NO3S/c1-17-13(16)9-2-4-11(5-3-9)14-12(15)10-6-7-18-8-10/h2-8H,1H3,(H,14,15). The highest BCUT2D eigenvalue weighted by atomic mass is 32.1. The fourth-order valence-corrected chi connectivity index (χ4v) is 2.04. The van der Waals surface area contributed by atoms with Crippen LogP contribution in [0.25, 0.3) is 0 Å². The summed E-state index contributed by atoms with van der Waals surface area (Å²) in [5, 5.41) is 6.36. The van der Waals surface area contributed by atoms with Crippen molar-refractivity contribution >= 4 is 28.9 Å². The minimum atomic E-state index is -0.397. The van der Waals surface area contributed by atoms with Crippen LogP contribution in [0.1, 0.15) is 20.7 Å². The molecular formula is C13H11NO3S. The van der Waals surface area contributed by atoms with Crippen molar-refractivity contribution in [2.45, 2.75) is 0 Å². The first-order chi connectivity index (χ1) is 8.70. The van der Waals surface area contributed by atoms with Crippen LogP contribution in [0.5, 0.6) is 0 Å². The number of methoxy groups -OCH3 is 1. The molecule has 0 spiro atoms. The molecule has 0 aliphatic carbocycles. The fraction of sp³-hybridized carbons (Fsp3) is 0.0769. The highest BCUT2D eigenvalue weighted by Crippen LogP contribution is 2.13. The molecule has 92 valence electrons. The average Bonchev–Trinajstić information content (AvgIpc) is 2.92. The van der Waals surface area contributed by atoms with E-state index in [1.165, 1.54) is 18.4 Å². The lowest BCUT2D eigenvalue weighted by atomic mass is 10.2. The van der Waals surface area contributed by atoms with Crippen molar-refractivity contribution in [3.8, 4) is 0 Å². The van der Waals surface area contributed by atoms with E-state index in [0.717, 1.165) is 0 Å². The van der Waals surface area contributed by atoms with Gasteiger partial charge in [-0.2, -0.15) is 11.3 Å². The third-order valence-electron chi connectivity index (χ3n) is 2.35. The molecule has 2 aromatic rings. The van der Waals surface area contributed by atoms with Gasteiger partial charge in [-0.05, 0) is 35.7 Å². The van der Waals surface area contributed by atoms with Crippen molar-refractivity contribution in [2.75, 3.05) is 12.4 Å². The molecule has 0 unspecified atom stereocenters. The summed E-state index contributed by atoms with van der Waals surface area (Å²) in [5.41, 5.74) is 1.71. The van der Waals surface area contributed by atoms with Crippen LogP contribution in [-0.2, 0) is 4.74 Å². The molecule has 0 saturated heterocycles.